The number of primary amides is 1. The summed E-state index contributed by atoms with van der Waals surface area (Å²) in [5, 5.41) is 37.3. The molecule has 1 heterocycles. The third-order valence-corrected chi connectivity index (χ3v) is 4.29. The number of rotatable bonds is 7. The van der Waals surface area contributed by atoms with Crippen molar-refractivity contribution in [2.45, 2.75) is 43.7 Å². The number of hydrogen-bond acceptors (Lipinski definition) is 9. The first-order valence-corrected chi connectivity index (χ1v) is 9.02. The Kier molecular flexibility index (Phi) is 8.09. The normalized spacial score (nSPS) is 25.7. The predicted molar refractivity (Wildman–Crippen MR) is 102 cm³/mol. The molecule has 5 atom stereocenters. The van der Waals surface area contributed by atoms with E-state index in [0.29, 0.717) is 0 Å². The molecule has 0 spiro atoms. The van der Waals surface area contributed by atoms with Crippen LogP contribution >= 0.6 is 0 Å². The number of aliphatic hydroxyl groups excluding tert-OH is 3. The molecule has 1 aromatic rings. The van der Waals surface area contributed by atoms with Crippen LogP contribution in [0.4, 0.5) is 4.79 Å². The van der Waals surface area contributed by atoms with E-state index in [0.717, 1.165) is 12.5 Å². The van der Waals surface area contributed by atoms with E-state index >= 15 is 0 Å². The molecule has 0 radical (unpaired) electrons. The quantitative estimate of drug-likeness (QED) is 0.208. The fourth-order valence-electron chi connectivity index (χ4n) is 2.78. The average Bonchev–Trinajstić information content (AvgIpc) is 2.71. The van der Waals surface area contributed by atoms with Crippen molar-refractivity contribution in [3.05, 3.63) is 35.9 Å². The zero-order valence-electron chi connectivity index (χ0n) is 16.1. The van der Waals surface area contributed by atoms with E-state index in [1.54, 1.807) is 30.3 Å². The van der Waals surface area contributed by atoms with Crippen molar-refractivity contribution in [3.8, 4) is 0 Å². The van der Waals surface area contributed by atoms with Crippen LogP contribution in [-0.2, 0) is 25.6 Å². The summed E-state index contributed by atoms with van der Waals surface area (Å²) in [5.74, 6) is -1.82. The number of carbonyl (C=O) groups is 3. The highest BCUT2D eigenvalue weighted by Gasteiger charge is 2.44. The fourth-order valence-corrected chi connectivity index (χ4v) is 2.78. The Labute approximate surface area is 171 Å². The lowest BCUT2D eigenvalue weighted by Gasteiger charge is -2.37. The number of amides is 3. The van der Waals surface area contributed by atoms with E-state index in [1.165, 1.54) is 0 Å². The largest absolute Gasteiger partial charge is 0.468 e. The number of carbonyl (C=O) groups excluding carboxylic acids is 3. The minimum Gasteiger partial charge on any atom is -0.468 e. The van der Waals surface area contributed by atoms with Gasteiger partial charge in [0, 0.05) is 13.3 Å². The number of oxime groups is 1. The second-order valence-corrected chi connectivity index (χ2v) is 6.60. The van der Waals surface area contributed by atoms with Crippen LogP contribution in [0.2, 0.25) is 0 Å². The molecule has 1 aromatic carbocycles. The van der Waals surface area contributed by atoms with Crippen LogP contribution in [0.15, 0.2) is 35.5 Å². The number of nitrogens with one attached hydrogen (secondary N) is 2. The molecule has 3 amide bonds. The van der Waals surface area contributed by atoms with E-state index in [9.17, 15) is 29.7 Å². The molecule has 0 unspecified atom stereocenters. The summed E-state index contributed by atoms with van der Waals surface area (Å²) in [5.41, 5.74) is 6.06. The Morgan fingerprint density at radius 3 is 2.47 bits per heavy atom. The first kappa shape index (κ1) is 23.1. The molecule has 7 N–H and O–H groups in total. The maximum Gasteiger partial charge on any atom is 0.434 e. The van der Waals surface area contributed by atoms with Crippen molar-refractivity contribution in [1.29, 1.82) is 0 Å². The van der Waals surface area contributed by atoms with Crippen LogP contribution in [0.25, 0.3) is 0 Å². The highest BCUT2D eigenvalue weighted by Crippen LogP contribution is 2.18. The number of hydrogen-bond donors (Lipinski definition) is 6. The maximum absolute atomic E-state index is 12.1. The monoisotopic (exact) mass is 424 g/mol. The van der Waals surface area contributed by atoms with Gasteiger partial charge in [-0.25, -0.2) is 4.79 Å². The van der Waals surface area contributed by atoms with Crippen molar-refractivity contribution in [2.24, 2.45) is 10.9 Å². The molecule has 0 saturated carbocycles. The van der Waals surface area contributed by atoms with Gasteiger partial charge in [0.05, 0.1) is 6.61 Å². The van der Waals surface area contributed by atoms with Crippen LogP contribution in [-0.4, -0.2) is 76.1 Å². The molecule has 12 heteroatoms. The predicted octanol–water partition coefficient (Wildman–Crippen LogP) is -2.26. The third-order valence-electron chi connectivity index (χ3n) is 4.29. The molecule has 1 aliphatic rings. The lowest BCUT2D eigenvalue weighted by molar-refractivity contribution is -0.126. The first-order chi connectivity index (χ1) is 14.2. The lowest BCUT2D eigenvalue weighted by Crippen LogP contribution is -2.62. The molecule has 0 aromatic heterocycles. The van der Waals surface area contributed by atoms with Gasteiger partial charge in [-0.3, -0.25) is 14.4 Å². The molecular weight excluding hydrogens is 400 g/mol. The Balaban J connectivity index is 2.08. The van der Waals surface area contributed by atoms with Crippen LogP contribution in [0.5, 0.6) is 0 Å². The molecule has 1 fully saturated rings. The van der Waals surface area contributed by atoms with Crippen molar-refractivity contribution in [1.82, 2.24) is 10.6 Å². The highest BCUT2D eigenvalue weighted by molar-refractivity contribution is 5.89. The number of benzene rings is 1. The minimum absolute atomic E-state index is 0.115. The van der Waals surface area contributed by atoms with Gasteiger partial charge in [-0.1, -0.05) is 30.3 Å². The Hall–Kier alpha value is -3.22. The average molecular weight is 424 g/mol. The van der Waals surface area contributed by atoms with E-state index in [2.05, 4.69) is 20.6 Å². The lowest BCUT2D eigenvalue weighted by atomic mass is 9.97. The topological polar surface area (TPSA) is 193 Å². The van der Waals surface area contributed by atoms with E-state index in [1.807, 2.05) is 0 Å². The van der Waals surface area contributed by atoms with E-state index in [-0.39, 0.29) is 6.42 Å². The van der Waals surface area contributed by atoms with E-state index in [4.69, 9.17) is 10.5 Å². The Morgan fingerprint density at radius 1 is 1.23 bits per heavy atom. The van der Waals surface area contributed by atoms with Crippen LogP contribution in [0.1, 0.15) is 12.5 Å². The molecule has 1 aliphatic heterocycles. The highest BCUT2D eigenvalue weighted by atomic mass is 16.7. The molecule has 0 bridgehead atoms. The van der Waals surface area contributed by atoms with Gasteiger partial charge in [-0.15, -0.1) is 0 Å². The summed E-state index contributed by atoms with van der Waals surface area (Å²) in [6.07, 6.45) is -5.39. The van der Waals surface area contributed by atoms with Crippen LogP contribution in [0.3, 0.4) is 0 Å². The van der Waals surface area contributed by atoms with Gasteiger partial charge in [0.1, 0.15) is 24.3 Å². The summed E-state index contributed by atoms with van der Waals surface area (Å²) in [6, 6.07) is 6.40. The summed E-state index contributed by atoms with van der Waals surface area (Å²) in [6.45, 7) is 0.487. The Morgan fingerprint density at radius 2 is 1.90 bits per heavy atom. The fraction of sp³-hybridized carbons (Fsp3) is 0.444. The minimum atomic E-state index is -1.58. The number of ether oxygens (including phenoxy) is 1. The second-order valence-electron chi connectivity index (χ2n) is 6.60. The van der Waals surface area contributed by atoms with Crippen LogP contribution in [0, 0.1) is 0 Å². The standard InChI is InChI=1S/C18H24N4O8/c1-9(24)20-13-15(26)14(25)12(8-23)29-17(13)22-30-18(28)21-11(16(19)27)7-10-5-3-2-4-6-10/h2-6,11-15,23,25-26H,7-8H2,1H3,(H2,19,27)(H,20,24)(H,21,28)/b22-17-/t11-,12+,13+,14+,15+/m0/s1. The first-order valence-electron chi connectivity index (χ1n) is 9.02. The zero-order valence-corrected chi connectivity index (χ0v) is 16.1. The summed E-state index contributed by atoms with van der Waals surface area (Å²) in [4.78, 5) is 39.7. The summed E-state index contributed by atoms with van der Waals surface area (Å²) >= 11 is 0. The second kappa shape index (κ2) is 10.5. The smallest absolute Gasteiger partial charge is 0.434 e. The van der Waals surface area contributed by atoms with Gasteiger partial charge < -0.3 is 36.4 Å². The summed E-state index contributed by atoms with van der Waals surface area (Å²) < 4.78 is 5.21. The maximum atomic E-state index is 12.1. The molecule has 164 valence electrons. The SMILES string of the molecule is CC(=O)N[C@H]1/C(=N/OC(=O)N[C@@H](Cc2ccccc2)C(N)=O)O[C@H](CO)[C@@H](O)[C@@H]1O. The third kappa shape index (κ3) is 6.14. The molecule has 30 heavy (non-hydrogen) atoms. The number of nitrogens with zero attached hydrogens (tertiary/aromatic N) is 1. The van der Waals surface area contributed by atoms with E-state index < -0.39 is 60.8 Å². The van der Waals surface area contributed by atoms with Gasteiger partial charge >= 0.3 is 6.09 Å². The molecule has 0 aliphatic carbocycles. The summed E-state index contributed by atoms with van der Waals surface area (Å²) in [7, 11) is 0. The number of aliphatic hydroxyl groups is 3. The van der Waals surface area contributed by atoms with Crippen molar-refractivity contribution in [2.75, 3.05) is 6.61 Å². The number of nitrogens with two attached hydrogens (primary N) is 1. The van der Waals surface area contributed by atoms with Gasteiger partial charge in [0.25, 0.3) is 5.90 Å². The molecule has 1 saturated heterocycles. The van der Waals surface area contributed by atoms with Gasteiger partial charge in [0.15, 0.2) is 6.10 Å². The molecular formula is C18H24N4O8. The zero-order chi connectivity index (χ0) is 22.3. The van der Waals surface area contributed by atoms with Gasteiger partial charge in [0.2, 0.25) is 11.8 Å². The van der Waals surface area contributed by atoms with Crippen molar-refractivity contribution >= 4 is 23.8 Å². The Bertz CT molecular complexity index is 788. The molecule has 12 nitrogen and oxygen atoms in total. The molecule has 2 rings (SSSR count). The van der Waals surface area contributed by atoms with Gasteiger partial charge in [-0.05, 0) is 10.7 Å². The van der Waals surface area contributed by atoms with Gasteiger partial charge in [-0.2, -0.15) is 0 Å². The van der Waals surface area contributed by atoms with Crippen molar-refractivity contribution < 1.29 is 39.3 Å². The van der Waals surface area contributed by atoms with Crippen LogP contribution < -0.4 is 16.4 Å². The van der Waals surface area contributed by atoms with Crippen molar-refractivity contribution in [3.63, 3.8) is 0 Å².